The molecule has 4 nitrogen and oxygen atoms in total. The van der Waals surface area contributed by atoms with Crippen LogP contribution in [0.4, 0.5) is 0 Å². The van der Waals surface area contributed by atoms with Gasteiger partial charge in [0.2, 0.25) is 5.91 Å². The third-order valence-corrected chi connectivity index (χ3v) is 7.18. The summed E-state index contributed by atoms with van der Waals surface area (Å²) in [6, 6.07) is 17.4. The van der Waals surface area contributed by atoms with E-state index in [4.69, 9.17) is 0 Å². The number of thioether (sulfide) groups is 1. The van der Waals surface area contributed by atoms with E-state index >= 15 is 0 Å². The van der Waals surface area contributed by atoms with Crippen molar-refractivity contribution in [3.63, 3.8) is 0 Å². The van der Waals surface area contributed by atoms with Crippen LogP contribution in [0.25, 0.3) is 5.57 Å². The van der Waals surface area contributed by atoms with Gasteiger partial charge in [-0.15, -0.1) is 11.8 Å². The van der Waals surface area contributed by atoms with Crippen molar-refractivity contribution >= 4 is 23.2 Å². The Hall–Kier alpha value is -2.08. The SMILES string of the molecule is CN1CCN(CC(=O)N(C)CC/C=C2\c3ccccc3CSc3ccccc32)CC1. The molecular formula is C25H31N3OS. The van der Waals surface area contributed by atoms with E-state index in [9.17, 15) is 4.79 Å². The van der Waals surface area contributed by atoms with Gasteiger partial charge in [-0.2, -0.15) is 0 Å². The molecule has 2 aromatic carbocycles. The molecule has 1 saturated heterocycles. The third kappa shape index (κ3) is 4.97. The molecule has 4 rings (SSSR count). The Labute approximate surface area is 184 Å². The highest BCUT2D eigenvalue weighted by molar-refractivity contribution is 7.98. The van der Waals surface area contributed by atoms with Crippen LogP contribution in [0, 0.1) is 0 Å². The first-order valence-electron chi connectivity index (χ1n) is 10.8. The first-order valence-corrected chi connectivity index (χ1v) is 11.8. The zero-order valence-electron chi connectivity index (χ0n) is 18.0. The van der Waals surface area contributed by atoms with Gasteiger partial charge in [0.1, 0.15) is 0 Å². The molecule has 2 aliphatic rings. The molecule has 2 heterocycles. The Morgan fingerprint density at radius 3 is 2.53 bits per heavy atom. The maximum absolute atomic E-state index is 12.7. The van der Waals surface area contributed by atoms with Crippen LogP contribution in [0.1, 0.15) is 23.1 Å². The second-order valence-corrected chi connectivity index (χ2v) is 9.26. The summed E-state index contributed by atoms with van der Waals surface area (Å²) in [4.78, 5) is 20.5. The number of carbonyl (C=O) groups is 1. The van der Waals surface area contributed by atoms with Gasteiger partial charge in [-0.1, -0.05) is 48.5 Å². The number of carbonyl (C=O) groups excluding carboxylic acids is 1. The Morgan fingerprint density at radius 2 is 1.73 bits per heavy atom. The molecule has 0 unspecified atom stereocenters. The summed E-state index contributed by atoms with van der Waals surface area (Å²) in [5.41, 5.74) is 5.30. The minimum absolute atomic E-state index is 0.218. The summed E-state index contributed by atoms with van der Waals surface area (Å²) >= 11 is 1.91. The van der Waals surface area contributed by atoms with Crippen LogP contribution >= 0.6 is 11.8 Å². The van der Waals surface area contributed by atoms with Crippen LogP contribution in [0.5, 0.6) is 0 Å². The molecule has 0 aromatic heterocycles. The number of piperazine rings is 1. The van der Waals surface area contributed by atoms with Gasteiger partial charge in [0.15, 0.2) is 0 Å². The molecule has 0 bridgehead atoms. The number of fused-ring (bicyclic) bond motifs is 2. The highest BCUT2D eigenvalue weighted by atomic mass is 32.2. The van der Waals surface area contributed by atoms with Crippen molar-refractivity contribution < 1.29 is 4.79 Å². The van der Waals surface area contributed by atoms with Gasteiger partial charge < -0.3 is 9.80 Å². The van der Waals surface area contributed by atoms with Crippen molar-refractivity contribution in [2.75, 3.05) is 53.4 Å². The number of hydrogen-bond acceptors (Lipinski definition) is 4. The first kappa shape index (κ1) is 21.2. The van der Waals surface area contributed by atoms with Crippen LogP contribution in [0.2, 0.25) is 0 Å². The van der Waals surface area contributed by atoms with E-state index in [-0.39, 0.29) is 5.91 Å². The molecule has 1 amide bonds. The number of nitrogens with zero attached hydrogens (tertiary/aromatic N) is 3. The van der Waals surface area contributed by atoms with E-state index in [0.717, 1.165) is 44.9 Å². The monoisotopic (exact) mass is 421 g/mol. The van der Waals surface area contributed by atoms with Crippen LogP contribution in [-0.4, -0.2) is 74.0 Å². The van der Waals surface area contributed by atoms with Crippen LogP contribution in [0.3, 0.4) is 0 Å². The lowest BCUT2D eigenvalue weighted by Crippen LogP contribution is -2.48. The van der Waals surface area contributed by atoms with E-state index in [2.05, 4.69) is 71.5 Å². The number of benzene rings is 2. The third-order valence-electron chi connectivity index (χ3n) is 6.06. The molecule has 0 radical (unpaired) electrons. The smallest absolute Gasteiger partial charge is 0.236 e. The van der Waals surface area contributed by atoms with Gasteiger partial charge in [0.25, 0.3) is 0 Å². The molecule has 158 valence electrons. The number of amides is 1. The Bertz CT molecular complexity index is 869. The van der Waals surface area contributed by atoms with Gasteiger partial charge in [-0.3, -0.25) is 9.69 Å². The summed E-state index contributed by atoms with van der Waals surface area (Å²) in [6.07, 6.45) is 3.18. The van der Waals surface area contributed by atoms with E-state index in [0.29, 0.717) is 6.54 Å². The van der Waals surface area contributed by atoms with Gasteiger partial charge in [0.05, 0.1) is 6.54 Å². The van der Waals surface area contributed by atoms with Crippen molar-refractivity contribution in [2.24, 2.45) is 0 Å². The molecule has 0 spiro atoms. The second-order valence-electron chi connectivity index (χ2n) is 8.24. The molecule has 2 aromatic rings. The second kappa shape index (κ2) is 9.82. The standard InChI is InChI=1S/C25H31N3OS/c1-26-14-16-28(17-15-26)18-25(29)27(2)13-7-11-22-21-9-4-3-8-20(21)19-30-24-12-6-5-10-23(22)24/h3-6,8-12H,7,13-19H2,1-2H3/b22-11+. The van der Waals surface area contributed by atoms with Crippen LogP contribution in [0.15, 0.2) is 59.5 Å². The molecule has 30 heavy (non-hydrogen) atoms. The fourth-order valence-electron chi connectivity index (χ4n) is 4.09. The molecule has 0 saturated carbocycles. The molecule has 5 heteroatoms. The van der Waals surface area contributed by atoms with Gasteiger partial charge in [-0.05, 0) is 41.8 Å². The molecule has 0 aliphatic carbocycles. The van der Waals surface area contributed by atoms with Crippen molar-refractivity contribution in [3.05, 3.63) is 71.3 Å². The summed E-state index contributed by atoms with van der Waals surface area (Å²) in [7, 11) is 4.07. The lowest BCUT2D eigenvalue weighted by Gasteiger charge is -2.32. The van der Waals surface area contributed by atoms with Gasteiger partial charge in [-0.25, -0.2) is 0 Å². The van der Waals surface area contributed by atoms with Gasteiger partial charge >= 0.3 is 0 Å². The van der Waals surface area contributed by atoms with Crippen molar-refractivity contribution in [2.45, 2.75) is 17.1 Å². The van der Waals surface area contributed by atoms with Crippen LogP contribution in [-0.2, 0) is 10.5 Å². The lowest BCUT2D eigenvalue weighted by molar-refractivity contribution is -0.131. The maximum Gasteiger partial charge on any atom is 0.236 e. The minimum Gasteiger partial charge on any atom is -0.344 e. The summed E-state index contributed by atoms with van der Waals surface area (Å²) < 4.78 is 0. The summed E-state index contributed by atoms with van der Waals surface area (Å²) in [5.74, 6) is 1.21. The van der Waals surface area contributed by atoms with E-state index in [1.165, 1.54) is 27.2 Å². The number of hydrogen-bond donors (Lipinski definition) is 0. The van der Waals surface area contributed by atoms with E-state index in [1.54, 1.807) is 0 Å². The molecule has 1 fully saturated rings. The highest BCUT2D eigenvalue weighted by Crippen LogP contribution is 2.40. The predicted molar refractivity (Wildman–Crippen MR) is 126 cm³/mol. The van der Waals surface area contributed by atoms with E-state index < -0.39 is 0 Å². The lowest BCUT2D eigenvalue weighted by atomic mass is 9.93. The van der Waals surface area contributed by atoms with Crippen molar-refractivity contribution in [1.82, 2.24) is 14.7 Å². The van der Waals surface area contributed by atoms with Crippen molar-refractivity contribution in [1.29, 1.82) is 0 Å². The molecule has 2 aliphatic heterocycles. The number of likely N-dealkylation sites (N-methyl/N-ethyl adjacent to an activating group) is 2. The average Bonchev–Trinajstić information content (AvgIpc) is 2.92. The first-order chi connectivity index (χ1) is 14.6. The minimum atomic E-state index is 0.218. The Kier molecular flexibility index (Phi) is 6.93. The van der Waals surface area contributed by atoms with E-state index in [1.807, 2.05) is 23.7 Å². The molecule has 0 N–H and O–H groups in total. The average molecular weight is 422 g/mol. The zero-order chi connectivity index (χ0) is 20.9. The number of rotatable bonds is 5. The van der Waals surface area contributed by atoms with Gasteiger partial charge in [0, 0.05) is 50.4 Å². The topological polar surface area (TPSA) is 26.8 Å². The summed E-state index contributed by atoms with van der Waals surface area (Å²) in [5, 5.41) is 0. The predicted octanol–water partition coefficient (Wildman–Crippen LogP) is 3.82. The fourth-order valence-corrected chi connectivity index (χ4v) is 5.16. The Balaban J connectivity index is 1.44. The largest absolute Gasteiger partial charge is 0.344 e. The maximum atomic E-state index is 12.7. The highest BCUT2D eigenvalue weighted by Gasteiger charge is 2.20. The molecule has 0 atom stereocenters. The Morgan fingerprint density at radius 1 is 1.03 bits per heavy atom. The normalized spacial score (nSPS) is 18.5. The van der Waals surface area contributed by atoms with Crippen LogP contribution < -0.4 is 0 Å². The fraction of sp³-hybridized carbons (Fsp3) is 0.400. The zero-order valence-corrected chi connectivity index (χ0v) is 18.8. The van der Waals surface area contributed by atoms with Crippen molar-refractivity contribution in [3.8, 4) is 0 Å². The molecular weight excluding hydrogens is 390 g/mol. The quantitative estimate of drug-likeness (QED) is 0.733. The summed E-state index contributed by atoms with van der Waals surface area (Å²) in [6.45, 7) is 5.31.